The predicted molar refractivity (Wildman–Crippen MR) is 77.5 cm³/mol. The largest absolute Gasteiger partial charge is 0.379 e. The Hall–Kier alpha value is -0.430. The highest BCUT2D eigenvalue weighted by Gasteiger charge is 2.31. The molecule has 98 valence electrons. The third-order valence-corrected chi connectivity index (χ3v) is 4.15. The fourth-order valence-electron chi connectivity index (χ4n) is 1.88. The van der Waals surface area contributed by atoms with E-state index in [2.05, 4.69) is 37.2 Å². The van der Waals surface area contributed by atoms with Crippen LogP contribution in [0.3, 0.4) is 0 Å². The molecule has 2 rings (SSSR count). The first kappa shape index (κ1) is 14.0. The molecule has 1 amide bonds. The summed E-state index contributed by atoms with van der Waals surface area (Å²) < 4.78 is 6.88. The van der Waals surface area contributed by atoms with Gasteiger partial charge in [-0.15, -0.1) is 0 Å². The number of anilines is 1. The van der Waals surface area contributed by atoms with Gasteiger partial charge in [0.05, 0.1) is 24.8 Å². The first-order chi connectivity index (χ1) is 8.49. The fourth-order valence-corrected chi connectivity index (χ4v) is 3.49. The van der Waals surface area contributed by atoms with Gasteiger partial charge in [0.1, 0.15) is 0 Å². The van der Waals surface area contributed by atoms with E-state index in [1.807, 2.05) is 19.1 Å². The number of nitrogens with two attached hydrogens (primary N) is 1. The Morgan fingerprint density at radius 1 is 1.39 bits per heavy atom. The van der Waals surface area contributed by atoms with Crippen molar-refractivity contribution in [3.63, 3.8) is 0 Å². The standard InChI is InChI=1S/C12H14Br2N2O2/c1-6-2-8(13)11(9(14)3-6)16-12(17)7-4-18-5-10(7)15/h2-3,7,10H,4-5,15H2,1H3,(H,16,17). The van der Waals surface area contributed by atoms with Gasteiger partial charge >= 0.3 is 0 Å². The molecule has 0 radical (unpaired) electrons. The molecule has 2 atom stereocenters. The van der Waals surface area contributed by atoms with Crippen molar-refractivity contribution < 1.29 is 9.53 Å². The summed E-state index contributed by atoms with van der Waals surface area (Å²) in [5, 5.41) is 2.89. The molecule has 1 aliphatic heterocycles. The van der Waals surface area contributed by atoms with Crippen molar-refractivity contribution in [3.05, 3.63) is 26.6 Å². The van der Waals surface area contributed by atoms with Crippen LogP contribution in [-0.4, -0.2) is 25.2 Å². The van der Waals surface area contributed by atoms with Crippen molar-refractivity contribution >= 4 is 43.5 Å². The Kier molecular flexibility index (Phi) is 4.42. The zero-order valence-corrected chi connectivity index (χ0v) is 13.0. The van der Waals surface area contributed by atoms with Gasteiger partial charge in [-0.1, -0.05) is 0 Å². The molecule has 1 saturated heterocycles. The minimum Gasteiger partial charge on any atom is -0.379 e. The molecule has 4 nitrogen and oxygen atoms in total. The van der Waals surface area contributed by atoms with Crippen molar-refractivity contribution in [2.75, 3.05) is 18.5 Å². The van der Waals surface area contributed by atoms with Crippen LogP contribution in [0.5, 0.6) is 0 Å². The van der Waals surface area contributed by atoms with Crippen LogP contribution in [0.2, 0.25) is 0 Å². The number of benzene rings is 1. The summed E-state index contributed by atoms with van der Waals surface area (Å²) in [6, 6.07) is 3.67. The van der Waals surface area contributed by atoms with Crippen molar-refractivity contribution in [2.45, 2.75) is 13.0 Å². The van der Waals surface area contributed by atoms with Crippen LogP contribution in [0.15, 0.2) is 21.1 Å². The molecule has 0 saturated carbocycles. The fraction of sp³-hybridized carbons (Fsp3) is 0.417. The van der Waals surface area contributed by atoms with E-state index in [4.69, 9.17) is 10.5 Å². The minimum absolute atomic E-state index is 0.106. The highest BCUT2D eigenvalue weighted by molar-refractivity contribution is 9.11. The quantitative estimate of drug-likeness (QED) is 0.831. The highest BCUT2D eigenvalue weighted by atomic mass is 79.9. The number of carbonyl (C=O) groups excluding carboxylic acids is 1. The number of hydrogen-bond donors (Lipinski definition) is 2. The molecule has 1 fully saturated rings. The van der Waals surface area contributed by atoms with Crippen molar-refractivity contribution in [3.8, 4) is 0 Å². The number of carbonyl (C=O) groups is 1. The number of halogens is 2. The molecule has 0 bridgehead atoms. The van der Waals surface area contributed by atoms with Gasteiger partial charge in [-0.25, -0.2) is 0 Å². The summed E-state index contributed by atoms with van der Waals surface area (Å²) in [5.41, 5.74) is 7.66. The summed E-state index contributed by atoms with van der Waals surface area (Å²) >= 11 is 6.89. The SMILES string of the molecule is Cc1cc(Br)c(NC(=O)C2COCC2N)c(Br)c1. The maximum atomic E-state index is 12.1. The topological polar surface area (TPSA) is 64.3 Å². The molecule has 0 aromatic heterocycles. The average Bonchev–Trinajstić information content (AvgIpc) is 2.69. The van der Waals surface area contributed by atoms with E-state index in [9.17, 15) is 4.79 Å². The molecule has 2 unspecified atom stereocenters. The molecule has 1 aromatic carbocycles. The van der Waals surface area contributed by atoms with E-state index >= 15 is 0 Å². The lowest BCUT2D eigenvalue weighted by atomic mass is 10.0. The monoisotopic (exact) mass is 376 g/mol. The Labute approximate surface area is 123 Å². The van der Waals surface area contributed by atoms with Crippen LogP contribution in [0.25, 0.3) is 0 Å². The number of nitrogens with one attached hydrogen (secondary N) is 1. The molecule has 1 aromatic rings. The highest BCUT2D eigenvalue weighted by Crippen LogP contribution is 2.32. The van der Waals surface area contributed by atoms with Gasteiger partial charge in [-0.3, -0.25) is 4.79 Å². The van der Waals surface area contributed by atoms with Gasteiger partial charge in [0.2, 0.25) is 5.91 Å². The smallest absolute Gasteiger partial charge is 0.231 e. The average molecular weight is 378 g/mol. The molecule has 1 heterocycles. The maximum absolute atomic E-state index is 12.1. The molecule has 0 spiro atoms. The molecule has 6 heteroatoms. The van der Waals surface area contributed by atoms with E-state index in [0.29, 0.717) is 13.2 Å². The van der Waals surface area contributed by atoms with Gasteiger partial charge < -0.3 is 15.8 Å². The number of hydrogen-bond acceptors (Lipinski definition) is 3. The van der Waals surface area contributed by atoms with E-state index in [0.717, 1.165) is 20.2 Å². The predicted octanol–water partition coefficient (Wildman–Crippen LogP) is 2.43. The Morgan fingerprint density at radius 2 is 2.00 bits per heavy atom. The summed E-state index contributed by atoms with van der Waals surface area (Å²) in [4.78, 5) is 12.1. The Morgan fingerprint density at radius 3 is 2.50 bits per heavy atom. The Bertz CT molecular complexity index is 456. The molecular weight excluding hydrogens is 364 g/mol. The second-order valence-electron chi connectivity index (χ2n) is 4.40. The van der Waals surface area contributed by atoms with E-state index in [1.54, 1.807) is 0 Å². The van der Waals surface area contributed by atoms with Crippen molar-refractivity contribution in [1.82, 2.24) is 0 Å². The zero-order valence-electron chi connectivity index (χ0n) is 9.87. The summed E-state index contributed by atoms with van der Waals surface area (Å²) in [6.07, 6.45) is 0. The lowest BCUT2D eigenvalue weighted by Crippen LogP contribution is -2.37. The van der Waals surface area contributed by atoms with Gasteiger partial charge in [0.25, 0.3) is 0 Å². The number of aryl methyl sites for hydroxylation is 1. The molecule has 1 aliphatic rings. The molecule has 0 aliphatic carbocycles. The maximum Gasteiger partial charge on any atom is 0.231 e. The van der Waals surface area contributed by atoms with Crippen LogP contribution in [0.1, 0.15) is 5.56 Å². The first-order valence-electron chi connectivity index (χ1n) is 5.59. The molecule has 18 heavy (non-hydrogen) atoms. The van der Waals surface area contributed by atoms with Gasteiger partial charge in [0, 0.05) is 15.0 Å². The molecule has 3 N–H and O–H groups in total. The number of rotatable bonds is 2. The van der Waals surface area contributed by atoms with Crippen molar-refractivity contribution in [1.29, 1.82) is 0 Å². The lowest BCUT2D eigenvalue weighted by molar-refractivity contribution is -0.120. The van der Waals surface area contributed by atoms with Gasteiger partial charge in [-0.2, -0.15) is 0 Å². The third kappa shape index (κ3) is 2.93. The van der Waals surface area contributed by atoms with Crippen LogP contribution in [0, 0.1) is 12.8 Å². The summed E-state index contributed by atoms with van der Waals surface area (Å²) in [5.74, 6) is -0.393. The van der Waals surface area contributed by atoms with E-state index in [1.165, 1.54) is 0 Å². The van der Waals surface area contributed by atoms with Crippen LogP contribution in [0.4, 0.5) is 5.69 Å². The van der Waals surface area contributed by atoms with E-state index in [-0.39, 0.29) is 17.9 Å². The first-order valence-corrected chi connectivity index (χ1v) is 7.17. The van der Waals surface area contributed by atoms with Crippen molar-refractivity contribution in [2.24, 2.45) is 11.7 Å². The van der Waals surface area contributed by atoms with Crippen LogP contribution in [-0.2, 0) is 9.53 Å². The normalized spacial score (nSPS) is 23.1. The van der Waals surface area contributed by atoms with Crippen LogP contribution < -0.4 is 11.1 Å². The molecular formula is C12H14Br2N2O2. The van der Waals surface area contributed by atoms with Gasteiger partial charge in [-0.05, 0) is 56.5 Å². The summed E-state index contributed by atoms with van der Waals surface area (Å²) in [6.45, 7) is 2.81. The lowest BCUT2D eigenvalue weighted by Gasteiger charge is -2.15. The second kappa shape index (κ2) is 5.69. The second-order valence-corrected chi connectivity index (χ2v) is 6.11. The van der Waals surface area contributed by atoms with E-state index < -0.39 is 0 Å². The van der Waals surface area contributed by atoms with Crippen LogP contribution >= 0.6 is 31.9 Å². The summed E-state index contributed by atoms with van der Waals surface area (Å²) in [7, 11) is 0. The van der Waals surface area contributed by atoms with Gasteiger partial charge in [0.15, 0.2) is 0 Å². The minimum atomic E-state index is -0.287. The third-order valence-electron chi connectivity index (χ3n) is 2.90. The number of ether oxygens (including phenoxy) is 1. The number of amides is 1. The zero-order chi connectivity index (χ0) is 13.3. The Balaban J connectivity index is 2.17.